The van der Waals surface area contributed by atoms with E-state index in [2.05, 4.69) is 5.32 Å². The molecule has 1 heterocycles. The molecule has 1 fully saturated rings. The average molecular weight is 275 g/mol. The zero-order valence-electron chi connectivity index (χ0n) is 9.89. The molecule has 1 aliphatic heterocycles. The van der Waals surface area contributed by atoms with E-state index in [0.717, 1.165) is 13.1 Å². The number of hydrogen-bond acceptors (Lipinski definition) is 3. The van der Waals surface area contributed by atoms with E-state index in [-0.39, 0.29) is 30.7 Å². The Labute approximate surface area is 112 Å². The van der Waals surface area contributed by atoms with E-state index < -0.39 is 0 Å². The molecule has 1 N–H and O–H groups in total. The van der Waals surface area contributed by atoms with Crippen LogP contribution in [0.3, 0.4) is 0 Å². The minimum absolute atomic E-state index is 0. The van der Waals surface area contributed by atoms with E-state index in [9.17, 15) is 9.18 Å². The fraction of sp³-hybridized carbons (Fsp3) is 0.417. The van der Waals surface area contributed by atoms with Crippen molar-refractivity contribution in [2.45, 2.75) is 0 Å². The van der Waals surface area contributed by atoms with Crippen LogP contribution in [0.25, 0.3) is 0 Å². The van der Waals surface area contributed by atoms with Crippen LogP contribution < -0.4 is 10.1 Å². The van der Waals surface area contributed by atoms with Crippen molar-refractivity contribution in [3.63, 3.8) is 0 Å². The van der Waals surface area contributed by atoms with Crippen LogP contribution in [0.4, 0.5) is 4.39 Å². The summed E-state index contributed by atoms with van der Waals surface area (Å²) in [6.07, 6.45) is 0. The number of ether oxygens (including phenoxy) is 1. The molecule has 0 aromatic heterocycles. The number of hydrogen-bond donors (Lipinski definition) is 1. The fourth-order valence-corrected chi connectivity index (χ4v) is 1.68. The second-order valence-corrected chi connectivity index (χ2v) is 3.87. The number of halogens is 2. The second kappa shape index (κ2) is 7.18. The Morgan fingerprint density at radius 1 is 1.28 bits per heavy atom. The maximum atomic E-state index is 12.6. The molecule has 18 heavy (non-hydrogen) atoms. The van der Waals surface area contributed by atoms with Gasteiger partial charge < -0.3 is 15.0 Å². The van der Waals surface area contributed by atoms with Gasteiger partial charge in [0.15, 0.2) is 6.61 Å². The van der Waals surface area contributed by atoms with E-state index in [1.54, 1.807) is 4.90 Å². The van der Waals surface area contributed by atoms with Gasteiger partial charge in [0.1, 0.15) is 11.6 Å². The monoisotopic (exact) mass is 274 g/mol. The molecule has 2 rings (SSSR count). The zero-order valence-corrected chi connectivity index (χ0v) is 10.7. The third-order valence-corrected chi connectivity index (χ3v) is 2.65. The number of rotatable bonds is 3. The Morgan fingerprint density at radius 2 is 1.89 bits per heavy atom. The molecule has 6 heteroatoms. The van der Waals surface area contributed by atoms with E-state index in [4.69, 9.17) is 4.74 Å². The summed E-state index contributed by atoms with van der Waals surface area (Å²) in [4.78, 5) is 13.5. The summed E-state index contributed by atoms with van der Waals surface area (Å²) in [5, 5.41) is 3.17. The Hall–Kier alpha value is -1.33. The van der Waals surface area contributed by atoms with Gasteiger partial charge >= 0.3 is 0 Å². The Bertz CT molecular complexity index is 380. The van der Waals surface area contributed by atoms with Gasteiger partial charge in [-0.1, -0.05) is 0 Å². The Kier molecular flexibility index (Phi) is 5.88. The predicted molar refractivity (Wildman–Crippen MR) is 68.6 cm³/mol. The predicted octanol–water partition coefficient (Wildman–Crippen LogP) is 1.06. The highest BCUT2D eigenvalue weighted by molar-refractivity contribution is 5.85. The quantitative estimate of drug-likeness (QED) is 0.896. The van der Waals surface area contributed by atoms with Crippen molar-refractivity contribution in [3.8, 4) is 5.75 Å². The summed E-state index contributed by atoms with van der Waals surface area (Å²) in [5.41, 5.74) is 0. The maximum absolute atomic E-state index is 12.6. The molecule has 1 aromatic carbocycles. The van der Waals surface area contributed by atoms with Crippen molar-refractivity contribution in [2.75, 3.05) is 32.8 Å². The largest absolute Gasteiger partial charge is 0.484 e. The number of piperazine rings is 1. The van der Waals surface area contributed by atoms with Crippen molar-refractivity contribution < 1.29 is 13.9 Å². The summed E-state index contributed by atoms with van der Waals surface area (Å²) in [6, 6.07) is 5.65. The summed E-state index contributed by atoms with van der Waals surface area (Å²) >= 11 is 0. The van der Waals surface area contributed by atoms with Gasteiger partial charge in [-0.3, -0.25) is 4.79 Å². The van der Waals surface area contributed by atoms with Gasteiger partial charge in [0.2, 0.25) is 0 Å². The Balaban J connectivity index is 0.00000162. The molecule has 1 aromatic rings. The number of carbonyl (C=O) groups excluding carboxylic acids is 1. The first kappa shape index (κ1) is 14.7. The molecule has 0 unspecified atom stereocenters. The number of nitrogens with one attached hydrogen (secondary N) is 1. The molecule has 0 aliphatic carbocycles. The molecule has 1 amide bonds. The summed E-state index contributed by atoms with van der Waals surface area (Å²) < 4.78 is 17.9. The van der Waals surface area contributed by atoms with Gasteiger partial charge in [0.05, 0.1) is 0 Å². The van der Waals surface area contributed by atoms with Crippen LogP contribution in [0.15, 0.2) is 24.3 Å². The first-order valence-corrected chi connectivity index (χ1v) is 5.62. The van der Waals surface area contributed by atoms with Gasteiger partial charge in [0.25, 0.3) is 5.91 Å². The SMILES string of the molecule is Cl.O=C(COc1ccc(F)cc1)N1CCNCC1. The third-order valence-electron chi connectivity index (χ3n) is 2.65. The van der Waals surface area contributed by atoms with Crippen LogP contribution in [0.2, 0.25) is 0 Å². The molecule has 4 nitrogen and oxygen atoms in total. The fourth-order valence-electron chi connectivity index (χ4n) is 1.68. The molecular weight excluding hydrogens is 259 g/mol. The maximum Gasteiger partial charge on any atom is 0.260 e. The van der Waals surface area contributed by atoms with Crippen molar-refractivity contribution in [1.29, 1.82) is 0 Å². The van der Waals surface area contributed by atoms with Crippen LogP contribution in [0.5, 0.6) is 5.75 Å². The minimum Gasteiger partial charge on any atom is -0.484 e. The first-order valence-electron chi connectivity index (χ1n) is 5.62. The minimum atomic E-state index is -0.314. The highest BCUT2D eigenvalue weighted by Gasteiger charge is 2.16. The lowest BCUT2D eigenvalue weighted by Gasteiger charge is -2.27. The smallest absolute Gasteiger partial charge is 0.260 e. The van der Waals surface area contributed by atoms with E-state index in [1.165, 1.54) is 24.3 Å². The first-order chi connectivity index (χ1) is 8.25. The molecular formula is C12H16ClFN2O2. The topological polar surface area (TPSA) is 41.6 Å². The van der Waals surface area contributed by atoms with Crippen LogP contribution in [-0.2, 0) is 4.79 Å². The number of nitrogens with zero attached hydrogens (tertiary/aromatic N) is 1. The Morgan fingerprint density at radius 3 is 2.50 bits per heavy atom. The highest BCUT2D eigenvalue weighted by Crippen LogP contribution is 2.11. The average Bonchev–Trinajstić information content (AvgIpc) is 2.39. The summed E-state index contributed by atoms with van der Waals surface area (Å²) in [7, 11) is 0. The normalized spacial score (nSPS) is 14.8. The van der Waals surface area contributed by atoms with E-state index >= 15 is 0 Å². The number of amides is 1. The standard InChI is InChI=1S/C12H15FN2O2.ClH/c13-10-1-3-11(4-2-10)17-9-12(16)15-7-5-14-6-8-15;/h1-4,14H,5-9H2;1H. The van der Waals surface area contributed by atoms with Gasteiger partial charge in [-0.25, -0.2) is 4.39 Å². The molecule has 1 saturated heterocycles. The van der Waals surface area contributed by atoms with Crippen molar-refractivity contribution >= 4 is 18.3 Å². The second-order valence-electron chi connectivity index (χ2n) is 3.87. The molecule has 1 aliphatic rings. The molecule has 100 valence electrons. The number of carbonyl (C=O) groups is 1. The van der Waals surface area contributed by atoms with E-state index in [0.29, 0.717) is 18.8 Å². The lowest BCUT2D eigenvalue weighted by Crippen LogP contribution is -2.47. The van der Waals surface area contributed by atoms with Crippen LogP contribution in [-0.4, -0.2) is 43.6 Å². The van der Waals surface area contributed by atoms with Crippen LogP contribution in [0.1, 0.15) is 0 Å². The number of benzene rings is 1. The summed E-state index contributed by atoms with van der Waals surface area (Å²) in [6.45, 7) is 3.08. The molecule has 0 bridgehead atoms. The van der Waals surface area contributed by atoms with Crippen LogP contribution in [0, 0.1) is 5.82 Å². The van der Waals surface area contributed by atoms with Gasteiger partial charge in [-0.05, 0) is 24.3 Å². The van der Waals surface area contributed by atoms with Gasteiger partial charge in [-0.15, -0.1) is 12.4 Å². The van der Waals surface area contributed by atoms with E-state index in [1.807, 2.05) is 0 Å². The van der Waals surface area contributed by atoms with Gasteiger partial charge in [0, 0.05) is 26.2 Å². The zero-order chi connectivity index (χ0) is 12.1. The van der Waals surface area contributed by atoms with Crippen molar-refractivity contribution in [1.82, 2.24) is 10.2 Å². The van der Waals surface area contributed by atoms with Gasteiger partial charge in [-0.2, -0.15) is 0 Å². The lowest BCUT2D eigenvalue weighted by atomic mass is 10.3. The van der Waals surface area contributed by atoms with Crippen molar-refractivity contribution in [3.05, 3.63) is 30.1 Å². The molecule has 0 saturated carbocycles. The van der Waals surface area contributed by atoms with Crippen LogP contribution >= 0.6 is 12.4 Å². The molecule has 0 spiro atoms. The lowest BCUT2D eigenvalue weighted by molar-refractivity contribution is -0.133. The van der Waals surface area contributed by atoms with Crippen molar-refractivity contribution in [2.24, 2.45) is 0 Å². The molecule has 0 atom stereocenters. The third kappa shape index (κ3) is 4.16. The summed E-state index contributed by atoms with van der Waals surface area (Å²) in [5.74, 6) is 0.163. The molecule has 0 radical (unpaired) electrons. The highest BCUT2D eigenvalue weighted by atomic mass is 35.5.